The van der Waals surface area contributed by atoms with Gasteiger partial charge in [0.15, 0.2) is 0 Å². The van der Waals surface area contributed by atoms with Crippen molar-refractivity contribution in [2.24, 2.45) is 0 Å². The number of hydrogen-bond donors (Lipinski definition) is 0. The molecule has 222 valence electrons. The van der Waals surface area contributed by atoms with Crippen molar-refractivity contribution >= 4 is 43.3 Å². The maximum atomic E-state index is 6.83. The topological polar surface area (TPSA) is 13.1 Å². The molecule has 0 bridgehead atoms. The molecule has 0 radical (unpaired) electrons. The van der Waals surface area contributed by atoms with Gasteiger partial charge >= 0.3 is 0 Å². The first-order valence-corrected chi connectivity index (χ1v) is 16.3. The van der Waals surface area contributed by atoms with Gasteiger partial charge in [0.1, 0.15) is 11.3 Å². The van der Waals surface area contributed by atoms with Crippen molar-refractivity contribution in [2.75, 3.05) is 0 Å². The van der Waals surface area contributed by atoms with Gasteiger partial charge in [-0.1, -0.05) is 151 Å². The summed E-state index contributed by atoms with van der Waals surface area (Å²) in [7, 11) is 0. The van der Waals surface area contributed by atoms with E-state index in [1.165, 1.54) is 60.1 Å². The zero-order chi connectivity index (χ0) is 31.5. The highest BCUT2D eigenvalue weighted by atomic mass is 16.3. The van der Waals surface area contributed by atoms with Gasteiger partial charge in [-0.15, -0.1) is 0 Å². The standard InChI is InChI=1S/C46H32O/c1-29-15-19-32(20-16-29)45-41-26-25-36(28-42(41)47-46(45)33-21-17-30(2)18-22-33)44-39-13-7-5-11-37(39)43(38-12-6-8-14-40(38)44)35-24-23-31-9-3-4-10-34(31)27-35/h3-28H,1-2H3. The minimum absolute atomic E-state index is 0.889. The van der Waals surface area contributed by atoms with Crippen LogP contribution in [0.3, 0.4) is 0 Å². The Morgan fingerprint density at radius 1 is 0.340 bits per heavy atom. The van der Waals surface area contributed by atoms with Crippen molar-refractivity contribution in [2.45, 2.75) is 13.8 Å². The molecule has 0 atom stereocenters. The number of aryl methyl sites for hydroxylation is 2. The maximum absolute atomic E-state index is 6.83. The molecule has 1 heterocycles. The molecule has 0 aliphatic rings. The molecule has 0 spiro atoms. The van der Waals surface area contributed by atoms with Gasteiger partial charge in [0, 0.05) is 16.5 Å². The van der Waals surface area contributed by atoms with Crippen LogP contribution in [0, 0.1) is 13.8 Å². The molecule has 1 nitrogen and oxygen atoms in total. The molecule has 0 saturated heterocycles. The van der Waals surface area contributed by atoms with Crippen LogP contribution in [-0.4, -0.2) is 0 Å². The number of benzene rings is 8. The van der Waals surface area contributed by atoms with E-state index >= 15 is 0 Å². The summed E-state index contributed by atoms with van der Waals surface area (Å²) < 4.78 is 6.83. The van der Waals surface area contributed by atoms with E-state index in [-0.39, 0.29) is 0 Å². The Balaban J connectivity index is 1.31. The van der Waals surface area contributed by atoms with Crippen LogP contribution in [0.2, 0.25) is 0 Å². The van der Waals surface area contributed by atoms with Crippen LogP contribution < -0.4 is 0 Å². The molecule has 0 aliphatic heterocycles. The van der Waals surface area contributed by atoms with E-state index in [0.29, 0.717) is 0 Å². The molecule has 0 saturated carbocycles. The third-order valence-corrected chi connectivity index (χ3v) is 9.60. The SMILES string of the molecule is Cc1ccc(-c2oc3cc(-c4c5ccccc5c(-c5ccc6ccccc6c5)c5ccccc45)ccc3c2-c2ccc(C)cc2)cc1. The Morgan fingerprint density at radius 2 is 0.809 bits per heavy atom. The van der Waals surface area contributed by atoms with Crippen LogP contribution >= 0.6 is 0 Å². The fourth-order valence-electron chi connectivity index (χ4n) is 7.26. The van der Waals surface area contributed by atoms with Crippen LogP contribution in [0.15, 0.2) is 162 Å². The highest BCUT2D eigenvalue weighted by Crippen LogP contribution is 2.46. The minimum atomic E-state index is 0.889. The summed E-state index contributed by atoms with van der Waals surface area (Å²) in [5.74, 6) is 0.905. The van der Waals surface area contributed by atoms with Gasteiger partial charge in [-0.05, 0) is 92.2 Å². The summed E-state index contributed by atoms with van der Waals surface area (Å²) in [4.78, 5) is 0. The molecule has 0 unspecified atom stereocenters. The molecule has 1 heteroatoms. The van der Waals surface area contributed by atoms with Gasteiger partial charge in [-0.3, -0.25) is 0 Å². The predicted octanol–water partition coefficient (Wildman–Crippen LogP) is 13.2. The average molecular weight is 601 g/mol. The normalized spacial score (nSPS) is 11.6. The Labute approximate surface area is 274 Å². The highest BCUT2D eigenvalue weighted by molar-refractivity contribution is 6.22. The predicted molar refractivity (Wildman–Crippen MR) is 200 cm³/mol. The zero-order valence-electron chi connectivity index (χ0n) is 26.4. The molecule has 47 heavy (non-hydrogen) atoms. The number of rotatable bonds is 4. The lowest BCUT2D eigenvalue weighted by Gasteiger charge is -2.18. The molecule has 9 aromatic rings. The van der Waals surface area contributed by atoms with Crippen LogP contribution in [0.25, 0.3) is 88.0 Å². The first kappa shape index (κ1) is 27.4. The van der Waals surface area contributed by atoms with Gasteiger partial charge in [-0.25, -0.2) is 0 Å². The Hall–Kier alpha value is -5.92. The van der Waals surface area contributed by atoms with Crippen molar-refractivity contribution < 1.29 is 4.42 Å². The van der Waals surface area contributed by atoms with E-state index in [0.717, 1.165) is 39.0 Å². The van der Waals surface area contributed by atoms with Crippen LogP contribution in [-0.2, 0) is 0 Å². The van der Waals surface area contributed by atoms with Crippen molar-refractivity contribution in [3.05, 3.63) is 169 Å². The van der Waals surface area contributed by atoms with Crippen LogP contribution in [0.1, 0.15) is 11.1 Å². The summed E-state index contributed by atoms with van der Waals surface area (Å²) in [5.41, 5.74) is 11.6. The Bertz CT molecular complexity index is 2560. The van der Waals surface area contributed by atoms with Gasteiger partial charge in [0.25, 0.3) is 0 Å². The molecular weight excluding hydrogens is 569 g/mol. The van der Waals surface area contributed by atoms with E-state index in [1.54, 1.807) is 0 Å². The third-order valence-electron chi connectivity index (χ3n) is 9.60. The molecule has 9 rings (SSSR count). The maximum Gasteiger partial charge on any atom is 0.143 e. The van der Waals surface area contributed by atoms with Gasteiger partial charge < -0.3 is 4.42 Å². The Kier molecular flexibility index (Phi) is 6.33. The quantitative estimate of drug-likeness (QED) is 0.183. The lowest BCUT2D eigenvalue weighted by Crippen LogP contribution is -1.91. The molecule has 0 amide bonds. The molecule has 0 fully saturated rings. The van der Waals surface area contributed by atoms with E-state index in [9.17, 15) is 0 Å². The molecule has 1 aromatic heterocycles. The second kappa shape index (κ2) is 10.9. The molecule has 0 N–H and O–H groups in total. The van der Waals surface area contributed by atoms with E-state index in [1.807, 2.05) is 0 Å². The highest BCUT2D eigenvalue weighted by Gasteiger charge is 2.21. The van der Waals surface area contributed by atoms with Crippen molar-refractivity contribution in [1.29, 1.82) is 0 Å². The first-order chi connectivity index (χ1) is 23.1. The smallest absolute Gasteiger partial charge is 0.143 e. The molecular formula is C46H32O. The first-order valence-electron chi connectivity index (χ1n) is 16.3. The largest absolute Gasteiger partial charge is 0.455 e. The summed E-state index contributed by atoms with van der Waals surface area (Å²) in [6, 6.07) is 57.3. The van der Waals surface area contributed by atoms with Crippen LogP contribution in [0.4, 0.5) is 0 Å². The fourth-order valence-corrected chi connectivity index (χ4v) is 7.26. The Morgan fingerprint density at radius 3 is 1.40 bits per heavy atom. The molecule has 0 aliphatic carbocycles. The summed E-state index contributed by atoms with van der Waals surface area (Å²) in [6.07, 6.45) is 0. The second-order valence-electron chi connectivity index (χ2n) is 12.7. The molecule has 8 aromatic carbocycles. The fraction of sp³-hybridized carbons (Fsp3) is 0.0435. The van der Waals surface area contributed by atoms with E-state index < -0.39 is 0 Å². The monoisotopic (exact) mass is 600 g/mol. The number of hydrogen-bond acceptors (Lipinski definition) is 1. The van der Waals surface area contributed by atoms with Crippen LogP contribution in [0.5, 0.6) is 0 Å². The van der Waals surface area contributed by atoms with Gasteiger partial charge in [-0.2, -0.15) is 0 Å². The average Bonchev–Trinajstić information content (AvgIpc) is 3.49. The van der Waals surface area contributed by atoms with Crippen molar-refractivity contribution in [3.8, 4) is 44.7 Å². The minimum Gasteiger partial charge on any atom is -0.455 e. The zero-order valence-corrected chi connectivity index (χ0v) is 26.4. The lowest BCUT2D eigenvalue weighted by atomic mass is 9.85. The number of fused-ring (bicyclic) bond motifs is 4. The third kappa shape index (κ3) is 4.55. The second-order valence-corrected chi connectivity index (χ2v) is 12.7. The van der Waals surface area contributed by atoms with Crippen molar-refractivity contribution in [3.63, 3.8) is 0 Å². The van der Waals surface area contributed by atoms with Gasteiger partial charge in [0.05, 0.1) is 0 Å². The number of furan rings is 1. The van der Waals surface area contributed by atoms with E-state index in [4.69, 9.17) is 4.42 Å². The van der Waals surface area contributed by atoms with Gasteiger partial charge in [0.2, 0.25) is 0 Å². The van der Waals surface area contributed by atoms with E-state index in [2.05, 4.69) is 172 Å². The van der Waals surface area contributed by atoms with Crippen molar-refractivity contribution in [1.82, 2.24) is 0 Å². The lowest BCUT2D eigenvalue weighted by molar-refractivity contribution is 0.632. The summed E-state index contributed by atoms with van der Waals surface area (Å²) in [6.45, 7) is 4.25. The summed E-state index contributed by atoms with van der Waals surface area (Å²) in [5, 5.41) is 8.58. The summed E-state index contributed by atoms with van der Waals surface area (Å²) >= 11 is 0.